The number of halogens is 1. The smallest absolute Gasteiger partial charge is 0.0738 e. The first-order valence-corrected chi connectivity index (χ1v) is 6.40. The quantitative estimate of drug-likeness (QED) is 0.847. The third-order valence-electron chi connectivity index (χ3n) is 2.32. The molecule has 2 heterocycles. The number of thioether (sulfide) groups is 1. The van der Waals surface area contributed by atoms with Gasteiger partial charge in [0.2, 0.25) is 0 Å². The standard InChI is InChI=1S/C9H13BrN2OS/c1-6-9(10)8(12(2)11-6)5-14-7-3-13-4-7/h7H,3-5H2,1-2H3. The Kier molecular flexibility index (Phi) is 3.19. The summed E-state index contributed by atoms with van der Waals surface area (Å²) in [5, 5.41) is 5.04. The fraction of sp³-hybridized carbons (Fsp3) is 0.667. The molecule has 3 nitrogen and oxygen atoms in total. The normalized spacial score (nSPS) is 17.1. The number of hydrogen-bond donors (Lipinski definition) is 0. The van der Waals surface area contributed by atoms with E-state index in [1.165, 1.54) is 5.69 Å². The summed E-state index contributed by atoms with van der Waals surface area (Å²) in [6.07, 6.45) is 0. The molecule has 5 heteroatoms. The molecule has 0 aliphatic carbocycles. The van der Waals surface area contributed by atoms with Gasteiger partial charge in [-0.15, -0.1) is 11.8 Å². The van der Waals surface area contributed by atoms with Crippen LogP contribution in [0.1, 0.15) is 11.4 Å². The van der Waals surface area contributed by atoms with E-state index >= 15 is 0 Å². The lowest BCUT2D eigenvalue weighted by molar-refractivity contribution is 0.0455. The molecule has 1 aromatic rings. The van der Waals surface area contributed by atoms with Crippen molar-refractivity contribution in [3.05, 3.63) is 15.9 Å². The lowest BCUT2D eigenvalue weighted by atomic mass is 10.4. The van der Waals surface area contributed by atoms with E-state index in [0.29, 0.717) is 5.25 Å². The zero-order chi connectivity index (χ0) is 10.1. The van der Waals surface area contributed by atoms with Crippen LogP contribution in [-0.2, 0) is 17.5 Å². The van der Waals surface area contributed by atoms with Crippen LogP contribution in [0.2, 0.25) is 0 Å². The minimum Gasteiger partial charge on any atom is -0.379 e. The second-order valence-electron chi connectivity index (χ2n) is 3.44. The van der Waals surface area contributed by atoms with Crippen molar-refractivity contribution in [2.75, 3.05) is 13.2 Å². The Morgan fingerprint density at radius 3 is 2.79 bits per heavy atom. The van der Waals surface area contributed by atoms with E-state index in [1.54, 1.807) is 0 Å². The zero-order valence-electron chi connectivity index (χ0n) is 8.29. The van der Waals surface area contributed by atoms with Gasteiger partial charge >= 0.3 is 0 Å². The highest BCUT2D eigenvalue weighted by molar-refractivity contribution is 9.10. The molecule has 0 spiro atoms. The Balaban J connectivity index is 2.00. The Morgan fingerprint density at radius 1 is 1.64 bits per heavy atom. The van der Waals surface area contributed by atoms with Gasteiger partial charge < -0.3 is 4.74 Å². The van der Waals surface area contributed by atoms with Crippen molar-refractivity contribution >= 4 is 27.7 Å². The number of rotatable bonds is 3. The monoisotopic (exact) mass is 276 g/mol. The van der Waals surface area contributed by atoms with Gasteiger partial charge in [-0.3, -0.25) is 4.68 Å². The van der Waals surface area contributed by atoms with Crippen molar-refractivity contribution in [2.24, 2.45) is 7.05 Å². The summed E-state index contributed by atoms with van der Waals surface area (Å²) in [5.41, 5.74) is 2.33. The van der Waals surface area contributed by atoms with Gasteiger partial charge in [0, 0.05) is 12.8 Å². The predicted octanol–water partition coefficient (Wildman–Crippen LogP) is 2.12. The molecule has 0 N–H and O–H groups in total. The summed E-state index contributed by atoms with van der Waals surface area (Å²) in [6.45, 7) is 3.82. The topological polar surface area (TPSA) is 27.1 Å². The number of aromatic nitrogens is 2. The summed E-state index contributed by atoms with van der Waals surface area (Å²) >= 11 is 5.51. The summed E-state index contributed by atoms with van der Waals surface area (Å²) in [6, 6.07) is 0. The van der Waals surface area contributed by atoms with Gasteiger partial charge in [-0.2, -0.15) is 5.10 Å². The molecule has 14 heavy (non-hydrogen) atoms. The van der Waals surface area contributed by atoms with Crippen LogP contribution in [0.25, 0.3) is 0 Å². The molecule has 0 atom stereocenters. The van der Waals surface area contributed by atoms with E-state index in [4.69, 9.17) is 4.74 Å². The Hall–Kier alpha value is -0.0000000000000000555. The minimum atomic E-state index is 0.678. The molecule has 1 aromatic heterocycles. The third-order valence-corrected chi connectivity index (χ3v) is 4.54. The van der Waals surface area contributed by atoms with Crippen LogP contribution >= 0.6 is 27.7 Å². The van der Waals surface area contributed by atoms with E-state index < -0.39 is 0 Å². The molecule has 1 aliphatic heterocycles. The van der Waals surface area contributed by atoms with Crippen molar-refractivity contribution < 1.29 is 4.74 Å². The Morgan fingerprint density at radius 2 is 2.36 bits per heavy atom. The lowest BCUT2D eigenvalue weighted by Gasteiger charge is -2.25. The lowest BCUT2D eigenvalue weighted by Crippen LogP contribution is -2.30. The minimum absolute atomic E-state index is 0.678. The second-order valence-corrected chi connectivity index (χ2v) is 5.52. The molecule has 78 valence electrons. The number of aryl methyl sites for hydroxylation is 2. The average molecular weight is 277 g/mol. The van der Waals surface area contributed by atoms with Crippen LogP contribution < -0.4 is 0 Å². The van der Waals surface area contributed by atoms with Gasteiger partial charge in [-0.25, -0.2) is 0 Å². The Labute approximate surface area is 96.3 Å². The average Bonchev–Trinajstić information content (AvgIpc) is 2.28. The first-order valence-electron chi connectivity index (χ1n) is 4.56. The maximum Gasteiger partial charge on any atom is 0.0738 e. The van der Waals surface area contributed by atoms with Gasteiger partial charge in [0.25, 0.3) is 0 Å². The highest BCUT2D eigenvalue weighted by Gasteiger charge is 2.20. The van der Waals surface area contributed by atoms with Gasteiger partial charge in [0.05, 0.1) is 34.3 Å². The van der Waals surface area contributed by atoms with Crippen LogP contribution in [0.3, 0.4) is 0 Å². The Bertz CT molecular complexity index is 336. The van der Waals surface area contributed by atoms with Crippen LogP contribution in [0.5, 0.6) is 0 Å². The molecule has 0 saturated carbocycles. The van der Waals surface area contributed by atoms with E-state index in [2.05, 4.69) is 21.0 Å². The maximum atomic E-state index is 5.13. The molecule has 0 unspecified atom stereocenters. The zero-order valence-corrected chi connectivity index (χ0v) is 10.7. The van der Waals surface area contributed by atoms with Gasteiger partial charge in [-0.05, 0) is 22.9 Å². The molecular formula is C9H13BrN2OS. The SMILES string of the molecule is Cc1nn(C)c(CSC2COC2)c1Br. The maximum absolute atomic E-state index is 5.13. The molecule has 0 amide bonds. The third kappa shape index (κ3) is 1.99. The van der Waals surface area contributed by atoms with Crippen LogP contribution in [0.15, 0.2) is 4.47 Å². The van der Waals surface area contributed by atoms with Gasteiger partial charge in [0.1, 0.15) is 0 Å². The van der Waals surface area contributed by atoms with Crippen LogP contribution in [0.4, 0.5) is 0 Å². The van der Waals surface area contributed by atoms with Crippen molar-refractivity contribution in [1.29, 1.82) is 0 Å². The molecular weight excluding hydrogens is 264 g/mol. The largest absolute Gasteiger partial charge is 0.379 e. The highest BCUT2D eigenvalue weighted by Crippen LogP contribution is 2.28. The molecule has 2 rings (SSSR count). The van der Waals surface area contributed by atoms with E-state index in [-0.39, 0.29) is 0 Å². The molecule has 0 radical (unpaired) electrons. The second kappa shape index (κ2) is 4.24. The van der Waals surface area contributed by atoms with Gasteiger partial charge in [0.15, 0.2) is 0 Å². The van der Waals surface area contributed by atoms with Gasteiger partial charge in [-0.1, -0.05) is 0 Å². The fourth-order valence-electron chi connectivity index (χ4n) is 1.34. The number of nitrogens with zero attached hydrogens (tertiary/aromatic N) is 2. The molecule has 1 saturated heterocycles. The first-order chi connectivity index (χ1) is 6.68. The van der Waals surface area contributed by atoms with Crippen molar-refractivity contribution in [2.45, 2.75) is 17.9 Å². The summed E-state index contributed by atoms with van der Waals surface area (Å²) in [5.74, 6) is 1.01. The summed E-state index contributed by atoms with van der Waals surface area (Å²) < 4.78 is 8.23. The first kappa shape index (κ1) is 10.5. The highest BCUT2D eigenvalue weighted by atomic mass is 79.9. The van der Waals surface area contributed by atoms with Crippen molar-refractivity contribution in [1.82, 2.24) is 9.78 Å². The fourth-order valence-corrected chi connectivity index (χ4v) is 3.12. The molecule has 0 bridgehead atoms. The van der Waals surface area contributed by atoms with Crippen LogP contribution in [0, 0.1) is 6.92 Å². The molecule has 1 aliphatic rings. The molecule has 1 fully saturated rings. The van der Waals surface area contributed by atoms with Crippen molar-refractivity contribution in [3.8, 4) is 0 Å². The summed E-state index contributed by atoms with van der Waals surface area (Å²) in [7, 11) is 1.99. The van der Waals surface area contributed by atoms with E-state index in [0.717, 1.165) is 29.1 Å². The molecule has 0 aromatic carbocycles. The van der Waals surface area contributed by atoms with E-state index in [1.807, 2.05) is 30.4 Å². The van der Waals surface area contributed by atoms with Crippen LogP contribution in [-0.4, -0.2) is 28.2 Å². The van der Waals surface area contributed by atoms with Crippen molar-refractivity contribution in [3.63, 3.8) is 0 Å². The number of hydrogen-bond acceptors (Lipinski definition) is 3. The summed E-state index contributed by atoms with van der Waals surface area (Å²) in [4.78, 5) is 0. The van der Waals surface area contributed by atoms with E-state index in [9.17, 15) is 0 Å². The number of ether oxygens (including phenoxy) is 1. The predicted molar refractivity (Wildman–Crippen MR) is 61.5 cm³/mol.